The number of nitrogens with one attached hydrogen (secondary N) is 1. The molecule has 38 heavy (non-hydrogen) atoms. The molecular formula is C21H27F3N8O4S2. The van der Waals surface area contributed by atoms with Crippen molar-refractivity contribution in [3.05, 3.63) is 22.6 Å². The monoisotopic (exact) mass is 576 g/mol. The molecule has 4 rings (SSSR count). The summed E-state index contributed by atoms with van der Waals surface area (Å²) in [7, 11) is -3.62. The van der Waals surface area contributed by atoms with Gasteiger partial charge in [-0.25, -0.2) is 13.6 Å². The molecule has 1 amide bonds. The van der Waals surface area contributed by atoms with E-state index < -0.39 is 22.0 Å². The molecule has 0 fully saturated rings. The smallest absolute Gasteiger partial charge is 0.451 e. The maximum atomic E-state index is 13.2. The molecular weight excluding hydrogens is 549 g/mol. The molecule has 0 bridgehead atoms. The summed E-state index contributed by atoms with van der Waals surface area (Å²) < 4.78 is 68.4. The Hall–Kier alpha value is -3.05. The van der Waals surface area contributed by atoms with Gasteiger partial charge in [0.15, 0.2) is 5.82 Å². The van der Waals surface area contributed by atoms with Crippen molar-refractivity contribution in [2.75, 3.05) is 30.3 Å². The van der Waals surface area contributed by atoms with Crippen LogP contribution in [0.4, 0.5) is 19.0 Å². The molecule has 0 atom stereocenters. The number of halogens is 3. The van der Waals surface area contributed by atoms with Crippen molar-refractivity contribution in [2.45, 2.75) is 51.9 Å². The number of nitrogens with zero attached hydrogens (tertiary/aromatic N) is 6. The van der Waals surface area contributed by atoms with E-state index in [2.05, 4.69) is 32.4 Å². The minimum Gasteiger partial charge on any atom is -0.462 e. The lowest BCUT2D eigenvalue weighted by molar-refractivity contribution is -0.147. The highest BCUT2D eigenvalue weighted by molar-refractivity contribution is 7.89. The predicted molar refractivity (Wildman–Crippen MR) is 133 cm³/mol. The second-order valence-corrected chi connectivity index (χ2v) is 11.5. The molecule has 208 valence electrons. The zero-order valence-electron chi connectivity index (χ0n) is 20.5. The van der Waals surface area contributed by atoms with Gasteiger partial charge in [0.1, 0.15) is 17.3 Å². The second kappa shape index (κ2) is 11.4. The Labute approximate surface area is 220 Å². The van der Waals surface area contributed by atoms with Crippen LogP contribution in [0.25, 0.3) is 10.2 Å². The van der Waals surface area contributed by atoms with Crippen molar-refractivity contribution in [1.29, 1.82) is 0 Å². The predicted octanol–water partition coefficient (Wildman–Crippen LogP) is 1.84. The fraction of sp³-hybridized carbons (Fsp3) is 0.571. The van der Waals surface area contributed by atoms with Crippen LogP contribution in [0.2, 0.25) is 0 Å². The molecule has 0 saturated carbocycles. The minimum atomic E-state index is -4.59. The van der Waals surface area contributed by atoms with Crippen LogP contribution in [0, 0.1) is 0 Å². The Balaban J connectivity index is 1.46. The van der Waals surface area contributed by atoms with Crippen LogP contribution >= 0.6 is 11.3 Å². The number of anilines is 1. The first kappa shape index (κ1) is 28.0. The molecule has 17 heteroatoms. The zero-order chi connectivity index (χ0) is 27.5. The van der Waals surface area contributed by atoms with Crippen LogP contribution in [-0.4, -0.2) is 64.5 Å². The molecule has 0 spiro atoms. The normalized spacial score (nSPS) is 14.1. The lowest BCUT2D eigenvalue weighted by Crippen LogP contribution is -2.36. The zero-order valence-corrected chi connectivity index (χ0v) is 22.1. The van der Waals surface area contributed by atoms with Gasteiger partial charge in [-0.3, -0.25) is 4.79 Å². The summed E-state index contributed by atoms with van der Waals surface area (Å²) in [5.74, 6) is -0.923. The third kappa shape index (κ3) is 6.87. The van der Waals surface area contributed by atoms with E-state index in [1.165, 1.54) is 11.3 Å². The summed E-state index contributed by atoms with van der Waals surface area (Å²) in [6.45, 7) is 2.65. The number of rotatable bonds is 11. The van der Waals surface area contributed by atoms with Crippen molar-refractivity contribution >= 4 is 43.3 Å². The molecule has 0 aliphatic carbocycles. The highest BCUT2D eigenvalue weighted by Gasteiger charge is 2.39. The van der Waals surface area contributed by atoms with Gasteiger partial charge in [0.25, 0.3) is 0 Å². The van der Waals surface area contributed by atoms with Gasteiger partial charge in [-0.2, -0.15) is 23.1 Å². The average molecular weight is 577 g/mol. The van der Waals surface area contributed by atoms with Crippen LogP contribution in [0.15, 0.2) is 6.07 Å². The molecule has 4 heterocycles. The first-order valence-electron chi connectivity index (χ1n) is 11.9. The SMILES string of the molecule is CCCc1cc2c(N3CCn4c(nnc4C(F)(F)F)C3)nc(OCCNC(=O)CCCS(N)(=O)=O)nc2s1. The molecule has 1 aliphatic rings. The number of hydrogen-bond acceptors (Lipinski definition) is 10. The number of primary sulfonamides is 1. The van der Waals surface area contributed by atoms with Crippen molar-refractivity contribution in [1.82, 2.24) is 30.0 Å². The number of carbonyl (C=O) groups excluding carboxylic acids is 1. The molecule has 3 aromatic heterocycles. The Morgan fingerprint density at radius 2 is 2.05 bits per heavy atom. The number of alkyl halides is 3. The number of amides is 1. The molecule has 0 aromatic carbocycles. The first-order valence-corrected chi connectivity index (χ1v) is 14.4. The number of ether oxygens (including phenoxy) is 1. The highest BCUT2D eigenvalue weighted by Crippen LogP contribution is 2.35. The van der Waals surface area contributed by atoms with E-state index in [0.717, 1.165) is 27.7 Å². The van der Waals surface area contributed by atoms with Crippen molar-refractivity contribution in [3.8, 4) is 6.01 Å². The minimum absolute atomic E-state index is 0.00801. The largest absolute Gasteiger partial charge is 0.462 e. The molecule has 0 saturated heterocycles. The number of aromatic nitrogens is 5. The quantitative estimate of drug-likeness (QED) is 0.325. The van der Waals surface area contributed by atoms with Gasteiger partial charge in [0.2, 0.25) is 21.8 Å². The molecule has 3 N–H and O–H groups in total. The molecule has 12 nitrogen and oxygen atoms in total. The van der Waals surface area contributed by atoms with Gasteiger partial charge in [-0.1, -0.05) is 13.3 Å². The second-order valence-electron chi connectivity index (χ2n) is 8.69. The summed E-state index contributed by atoms with van der Waals surface area (Å²) in [4.78, 5) is 24.5. The summed E-state index contributed by atoms with van der Waals surface area (Å²) in [5.41, 5.74) is 0. The lowest BCUT2D eigenvalue weighted by Gasteiger charge is -2.29. The molecule has 3 aromatic rings. The van der Waals surface area contributed by atoms with Crippen LogP contribution in [0.1, 0.15) is 42.7 Å². The van der Waals surface area contributed by atoms with Crippen LogP contribution in [-0.2, 0) is 40.5 Å². The van der Waals surface area contributed by atoms with E-state index in [-0.39, 0.29) is 69.1 Å². The van der Waals surface area contributed by atoms with E-state index in [1.54, 1.807) is 0 Å². The van der Waals surface area contributed by atoms with Crippen LogP contribution < -0.4 is 20.1 Å². The van der Waals surface area contributed by atoms with Gasteiger partial charge in [-0.05, 0) is 18.9 Å². The third-order valence-corrected chi connectivity index (χ3v) is 7.64. The maximum absolute atomic E-state index is 13.2. The molecule has 0 unspecified atom stereocenters. The van der Waals surface area contributed by atoms with Gasteiger partial charge < -0.3 is 19.5 Å². The number of sulfonamides is 1. The summed E-state index contributed by atoms with van der Waals surface area (Å²) in [5, 5.41) is 15.4. The molecule has 0 radical (unpaired) electrons. The third-order valence-electron chi connectivity index (χ3n) is 5.69. The average Bonchev–Trinajstić information content (AvgIpc) is 3.44. The number of thiophene rings is 1. The van der Waals surface area contributed by atoms with Gasteiger partial charge in [0.05, 0.1) is 24.2 Å². The topological polar surface area (TPSA) is 158 Å². The van der Waals surface area contributed by atoms with Crippen molar-refractivity contribution in [3.63, 3.8) is 0 Å². The number of nitrogens with two attached hydrogens (primary N) is 1. The Morgan fingerprint density at radius 1 is 1.26 bits per heavy atom. The Morgan fingerprint density at radius 3 is 2.76 bits per heavy atom. The van der Waals surface area contributed by atoms with Crippen LogP contribution in [0.5, 0.6) is 6.01 Å². The number of fused-ring (bicyclic) bond motifs is 2. The molecule has 1 aliphatic heterocycles. The standard InChI is InChI=1S/C21H27F3N8O4S2/c1-2-4-13-11-14-17(31-7-8-32-15(12-31)29-30-19(32)21(22,23)24)27-20(28-18(14)37-13)36-9-6-26-16(33)5-3-10-38(25,34)35/h11H,2-10,12H2,1H3,(H,26,33)(H2,25,34,35). The number of hydrogen-bond donors (Lipinski definition) is 2. The van der Waals surface area contributed by atoms with E-state index in [4.69, 9.17) is 9.88 Å². The van der Waals surface area contributed by atoms with E-state index in [0.29, 0.717) is 10.6 Å². The fourth-order valence-corrected chi connectivity index (χ4v) is 5.68. The van der Waals surface area contributed by atoms with E-state index in [1.807, 2.05) is 11.0 Å². The van der Waals surface area contributed by atoms with E-state index in [9.17, 15) is 26.4 Å². The highest BCUT2D eigenvalue weighted by atomic mass is 32.2. The maximum Gasteiger partial charge on any atom is 0.451 e. The lowest BCUT2D eigenvalue weighted by atomic mass is 10.2. The first-order chi connectivity index (χ1) is 17.9. The van der Waals surface area contributed by atoms with Crippen molar-refractivity contribution < 1.29 is 31.1 Å². The van der Waals surface area contributed by atoms with Crippen molar-refractivity contribution in [2.24, 2.45) is 5.14 Å². The summed E-state index contributed by atoms with van der Waals surface area (Å²) in [6.07, 6.45) is -2.69. The number of carbonyl (C=O) groups is 1. The van der Waals surface area contributed by atoms with Gasteiger partial charge >= 0.3 is 12.2 Å². The number of aryl methyl sites for hydroxylation is 1. The fourth-order valence-electron chi connectivity index (χ4n) is 4.02. The van der Waals surface area contributed by atoms with Gasteiger partial charge in [-0.15, -0.1) is 21.5 Å². The van der Waals surface area contributed by atoms with Crippen LogP contribution in [0.3, 0.4) is 0 Å². The summed E-state index contributed by atoms with van der Waals surface area (Å²) in [6, 6.07) is 2.06. The Kier molecular flexibility index (Phi) is 8.37. The van der Waals surface area contributed by atoms with Gasteiger partial charge in [0, 0.05) is 24.4 Å². The van der Waals surface area contributed by atoms with E-state index >= 15 is 0 Å². The summed E-state index contributed by atoms with van der Waals surface area (Å²) >= 11 is 1.49. The Bertz CT molecular complexity index is 1410.